The maximum Gasteiger partial charge on any atom is 0.227 e. The fourth-order valence-corrected chi connectivity index (χ4v) is 5.19. The van der Waals surface area contributed by atoms with Crippen molar-refractivity contribution in [3.8, 4) is 5.75 Å². The van der Waals surface area contributed by atoms with E-state index in [-0.39, 0.29) is 0 Å². The number of carbonyl (C=O) groups is 1. The molecule has 0 bridgehead atoms. The standard InChI is InChI=1S/C26H31N5O2/c32-17-16-30-12-3-13-31(15-14-30)22-9-7-21(8-10-22)28-26-27-18-20-6-11-23(33)24(25(20)29-26)19-4-1-2-5-19/h6-11,17-19,33H,1-5,12-16H2,(H,27,28,29). The molecule has 2 fully saturated rings. The van der Waals surface area contributed by atoms with Crippen LogP contribution >= 0.6 is 0 Å². The molecule has 3 aromatic rings. The molecule has 2 heterocycles. The van der Waals surface area contributed by atoms with Crippen molar-refractivity contribution in [3.05, 3.63) is 48.2 Å². The van der Waals surface area contributed by atoms with E-state index in [1.165, 1.54) is 18.5 Å². The van der Waals surface area contributed by atoms with Gasteiger partial charge in [-0.2, -0.15) is 0 Å². The van der Waals surface area contributed by atoms with Gasteiger partial charge < -0.3 is 20.1 Å². The van der Waals surface area contributed by atoms with E-state index in [1.807, 2.05) is 12.3 Å². The van der Waals surface area contributed by atoms with Crippen LogP contribution in [-0.4, -0.2) is 59.0 Å². The third kappa shape index (κ3) is 4.78. The summed E-state index contributed by atoms with van der Waals surface area (Å²) in [5, 5.41) is 14.9. The van der Waals surface area contributed by atoms with Crippen LogP contribution in [0, 0.1) is 0 Å². The van der Waals surface area contributed by atoms with Gasteiger partial charge in [-0.15, -0.1) is 0 Å². The largest absolute Gasteiger partial charge is 0.508 e. The van der Waals surface area contributed by atoms with Gasteiger partial charge in [-0.1, -0.05) is 12.8 Å². The number of aldehydes is 1. The summed E-state index contributed by atoms with van der Waals surface area (Å²) in [6.07, 6.45) is 8.48. The molecule has 1 aliphatic heterocycles. The Hall–Kier alpha value is -3.19. The van der Waals surface area contributed by atoms with Crippen LogP contribution in [0.1, 0.15) is 43.6 Å². The number of benzene rings is 2. The molecule has 2 aromatic carbocycles. The van der Waals surface area contributed by atoms with Gasteiger partial charge in [-0.05, 0) is 61.6 Å². The number of hydrogen-bond donors (Lipinski definition) is 2. The fourth-order valence-electron chi connectivity index (χ4n) is 5.19. The molecule has 5 rings (SSSR count). The number of carbonyl (C=O) groups excluding carboxylic acids is 1. The Morgan fingerprint density at radius 2 is 1.82 bits per heavy atom. The molecule has 1 saturated heterocycles. The lowest BCUT2D eigenvalue weighted by Crippen LogP contribution is -2.31. The van der Waals surface area contributed by atoms with Crippen LogP contribution in [0.15, 0.2) is 42.6 Å². The zero-order valence-electron chi connectivity index (χ0n) is 18.9. The van der Waals surface area contributed by atoms with Crippen LogP contribution < -0.4 is 10.2 Å². The minimum atomic E-state index is 0.340. The lowest BCUT2D eigenvalue weighted by Gasteiger charge is -2.23. The highest BCUT2D eigenvalue weighted by Gasteiger charge is 2.23. The zero-order valence-corrected chi connectivity index (χ0v) is 18.9. The quantitative estimate of drug-likeness (QED) is 0.543. The first-order valence-corrected chi connectivity index (χ1v) is 12.0. The second-order valence-electron chi connectivity index (χ2n) is 9.09. The average Bonchev–Trinajstić information content (AvgIpc) is 3.25. The minimum Gasteiger partial charge on any atom is -0.508 e. The van der Waals surface area contributed by atoms with Crippen molar-refractivity contribution < 1.29 is 9.90 Å². The predicted molar refractivity (Wildman–Crippen MR) is 131 cm³/mol. The Balaban J connectivity index is 1.32. The molecule has 1 saturated carbocycles. The van der Waals surface area contributed by atoms with Crippen LogP contribution in [0.2, 0.25) is 0 Å². The van der Waals surface area contributed by atoms with Crippen molar-refractivity contribution in [2.75, 3.05) is 42.9 Å². The van der Waals surface area contributed by atoms with E-state index in [0.717, 1.165) is 73.9 Å². The summed E-state index contributed by atoms with van der Waals surface area (Å²) in [4.78, 5) is 24.7. The molecule has 7 heteroatoms. The summed E-state index contributed by atoms with van der Waals surface area (Å²) in [5.41, 5.74) is 3.93. The number of nitrogens with zero attached hydrogens (tertiary/aromatic N) is 4. The van der Waals surface area contributed by atoms with Gasteiger partial charge in [0.1, 0.15) is 12.0 Å². The van der Waals surface area contributed by atoms with E-state index in [2.05, 4.69) is 44.4 Å². The third-order valence-corrected chi connectivity index (χ3v) is 6.94. The van der Waals surface area contributed by atoms with Crippen LogP contribution in [0.4, 0.5) is 17.3 Å². The molecule has 0 spiro atoms. The Morgan fingerprint density at radius 3 is 2.61 bits per heavy atom. The molecule has 0 radical (unpaired) electrons. The number of phenols is 1. The SMILES string of the molecule is O=CCN1CCCN(c2ccc(Nc3ncc4ccc(O)c(C5CCCC5)c4n3)cc2)CC1. The molecule has 33 heavy (non-hydrogen) atoms. The number of phenolic OH excluding ortho intramolecular Hbond substituents is 1. The maximum absolute atomic E-state index is 10.8. The Morgan fingerprint density at radius 1 is 1.00 bits per heavy atom. The van der Waals surface area contributed by atoms with Gasteiger partial charge in [-0.3, -0.25) is 4.90 Å². The molecule has 1 aliphatic carbocycles. The smallest absolute Gasteiger partial charge is 0.227 e. The molecule has 7 nitrogen and oxygen atoms in total. The fraction of sp³-hybridized carbons (Fsp3) is 0.423. The molecular formula is C26H31N5O2. The minimum absolute atomic E-state index is 0.340. The molecular weight excluding hydrogens is 414 g/mol. The second-order valence-corrected chi connectivity index (χ2v) is 9.09. The highest BCUT2D eigenvalue weighted by molar-refractivity contribution is 5.85. The number of hydrogen-bond acceptors (Lipinski definition) is 7. The molecule has 172 valence electrons. The number of aromatic nitrogens is 2. The summed E-state index contributed by atoms with van der Waals surface area (Å²) < 4.78 is 0. The van der Waals surface area contributed by atoms with Crippen LogP contribution in [-0.2, 0) is 4.79 Å². The maximum atomic E-state index is 10.8. The Bertz CT molecular complexity index is 1110. The van der Waals surface area contributed by atoms with Gasteiger partial charge in [-0.25, -0.2) is 9.97 Å². The van der Waals surface area contributed by atoms with E-state index < -0.39 is 0 Å². The van der Waals surface area contributed by atoms with Crippen LogP contribution in [0.25, 0.3) is 10.9 Å². The van der Waals surface area contributed by atoms with Crippen LogP contribution in [0.3, 0.4) is 0 Å². The van der Waals surface area contributed by atoms with Gasteiger partial charge in [0, 0.05) is 54.7 Å². The summed E-state index contributed by atoms with van der Waals surface area (Å²) in [7, 11) is 0. The molecule has 1 aromatic heterocycles. The van der Waals surface area contributed by atoms with Crippen molar-refractivity contribution in [3.63, 3.8) is 0 Å². The number of rotatable bonds is 6. The molecule has 0 unspecified atom stereocenters. The van der Waals surface area contributed by atoms with Gasteiger partial charge in [0.05, 0.1) is 12.1 Å². The van der Waals surface area contributed by atoms with Gasteiger partial charge in [0.2, 0.25) is 5.95 Å². The first kappa shape index (κ1) is 21.6. The highest BCUT2D eigenvalue weighted by atomic mass is 16.3. The molecule has 0 atom stereocenters. The average molecular weight is 446 g/mol. The summed E-state index contributed by atoms with van der Waals surface area (Å²) in [6.45, 7) is 4.29. The van der Waals surface area contributed by atoms with Gasteiger partial charge in [0.25, 0.3) is 0 Å². The predicted octanol–water partition coefficient (Wildman–Crippen LogP) is 4.45. The summed E-state index contributed by atoms with van der Waals surface area (Å²) in [6, 6.07) is 12.0. The second kappa shape index (κ2) is 9.75. The first-order valence-electron chi connectivity index (χ1n) is 12.0. The summed E-state index contributed by atoms with van der Waals surface area (Å²) in [5.74, 6) is 1.25. The van der Waals surface area contributed by atoms with Gasteiger partial charge >= 0.3 is 0 Å². The molecule has 2 aliphatic rings. The normalized spacial score (nSPS) is 17.9. The highest BCUT2D eigenvalue weighted by Crippen LogP contribution is 2.41. The van der Waals surface area contributed by atoms with Crippen molar-refractivity contribution >= 4 is 34.5 Å². The first-order chi connectivity index (χ1) is 16.2. The van der Waals surface area contributed by atoms with Crippen molar-refractivity contribution in [1.82, 2.24) is 14.9 Å². The van der Waals surface area contributed by atoms with E-state index in [9.17, 15) is 9.90 Å². The van der Waals surface area contributed by atoms with E-state index in [0.29, 0.717) is 24.2 Å². The van der Waals surface area contributed by atoms with Crippen molar-refractivity contribution in [2.24, 2.45) is 0 Å². The zero-order chi connectivity index (χ0) is 22.6. The lowest BCUT2D eigenvalue weighted by molar-refractivity contribution is -0.108. The van der Waals surface area contributed by atoms with Crippen molar-refractivity contribution in [1.29, 1.82) is 0 Å². The number of anilines is 3. The molecule has 0 amide bonds. The third-order valence-electron chi connectivity index (χ3n) is 6.94. The number of aromatic hydroxyl groups is 1. The van der Waals surface area contributed by atoms with E-state index in [4.69, 9.17) is 4.98 Å². The Labute approximate surface area is 194 Å². The van der Waals surface area contributed by atoms with E-state index >= 15 is 0 Å². The number of nitrogens with one attached hydrogen (secondary N) is 1. The summed E-state index contributed by atoms with van der Waals surface area (Å²) >= 11 is 0. The van der Waals surface area contributed by atoms with Gasteiger partial charge in [0.15, 0.2) is 0 Å². The lowest BCUT2D eigenvalue weighted by atomic mass is 9.94. The van der Waals surface area contributed by atoms with Crippen molar-refractivity contribution in [2.45, 2.75) is 38.0 Å². The monoisotopic (exact) mass is 445 g/mol. The van der Waals surface area contributed by atoms with E-state index in [1.54, 1.807) is 6.07 Å². The van der Waals surface area contributed by atoms with Crippen LogP contribution in [0.5, 0.6) is 5.75 Å². The number of fused-ring (bicyclic) bond motifs is 1. The topological polar surface area (TPSA) is 81.6 Å². The molecule has 2 N–H and O–H groups in total. The Kier molecular flexibility index (Phi) is 6.39.